The molecule has 0 aliphatic rings. The number of rotatable bonds is 4. The van der Waals surface area contributed by atoms with Crippen LogP contribution in [-0.4, -0.2) is 13.0 Å². The first-order valence-electron chi connectivity index (χ1n) is 5.33. The van der Waals surface area contributed by atoms with Crippen molar-refractivity contribution < 1.29 is 9.53 Å². The Kier molecular flexibility index (Phi) is 4.38. The van der Waals surface area contributed by atoms with E-state index >= 15 is 0 Å². The first-order chi connectivity index (χ1) is 8.70. The number of methoxy groups -OCH3 is 1. The number of ether oxygens (including phenoxy) is 1. The summed E-state index contributed by atoms with van der Waals surface area (Å²) in [6, 6.07) is 7.33. The van der Waals surface area contributed by atoms with Gasteiger partial charge in [0.25, 0.3) is 5.91 Å². The minimum atomic E-state index is -0.134. The van der Waals surface area contributed by atoms with Gasteiger partial charge in [0, 0.05) is 11.0 Å². The van der Waals surface area contributed by atoms with Crippen molar-refractivity contribution in [1.29, 1.82) is 0 Å². The normalized spacial score (nSPS) is 10.1. The Morgan fingerprint density at radius 3 is 2.94 bits per heavy atom. The predicted molar refractivity (Wildman–Crippen MR) is 76.2 cm³/mol. The zero-order valence-corrected chi connectivity index (χ0v) is 12.2. The molecule has 1 aromatic carbocycles. The van der Waals surface area contributed by atoms with Crippen LogP contribution in [0.1, 0.15) is 15.9 Å². The highest BCUT2D eigenvalue weighted by Crippen LogP contribution is 2.23. The van der Waals surface area contributed by atoms with E-state index in [1.165, 1.54) is 0 Å². The molecule has 0 unspecified atom stereocenters. The van der Waals surface area contributed by atoms with E-state index < -0.39 is 0 Å². The lowest BCUT2D eigenvalue weighted by Crippen LogP contribution is -2.23. The summed E-state index contributed by atoms with van der Waals surface area (Å²) in [7, 11) is 1.55. The van der Waals surface area contributed by atoms with Gasteiger partial charge in [-0.2, -0.15) is 11.3 Å². The van der Waals surface area contributed by atoms with Crippen molar-refractivity contribution in [3.05, 3.63) is 50.6 Å². The second-order valence-corrected chi connectivity index (χ2v) is 5.35. The molecule has 94 valence electrons. The maximum absolute atomic E-state index is 12.0. The average molecular weight is 326 g/mol. The number of carbonyl (C=O) groups excluding carboxylic acids is 1. The molecule has 1 heterocycles. The van der Waals surface area contributed by atoms with Gasteiger partial charge in [0.15, 0.2) is 0 Å². The van der Waals surface area contributed by atoms with Crippen molar-refractivity contribution in [3.8, 4) is 5.75 Å². The molecule has 1 amide bonds. The number of carbonyl (C=O) groups is 1. The van der Waals surface area contributed by atoms with Crippen molar-refractivity contribution in [1.82, 2.24) is 5.32 Å². The van der Waals surface area contributed by atoms with Crippen molar-refractivity contribution in [2.24, 2.45) is 0 Å². The van der Waals surface area contributed by atoms with Crippen LogP contribution in [0.25, 0.3) is 0 Å². The first kappa shape index (κ1) is 13.1. The quantitative estimate of drug-likeness (QED) is 0.935. The third kappa shape index (κ3) is 3.11. The van der Waals surface area contributed by atoms with Crippen LogP contribution < -0.4 is 10.1 Å². The summed E-state index contributed by atoms with van der Waals surface area (Å²) < 4.78 is 6.08. The molecule has 0 aliphatic carbocycles. The maximum Gasteiger partial charge on any atom is 0.255 e. The van der Waals surface area contributed by atoms with Gasteiger partial charge in [-0.1, -0.05) is 15.9 Å². The summed E-state index contributed by atoms with van der Waals surface area (Å²) in [5.74, 6) is 0.428. The highest BCUT2D eigenvalue weighted by atomic mass is 79.9. The van der Waals surface area contributed by atoms with Gasteiger partial charge in [-0.25, -0.2) is 0 Å². The van der Waals surface area contributed by atoms with Crippen molar-refractivity contribution in [2.45, 2.75) is 6.54 Å². The Bertz CT molecular complexity index is 540. The standard InChI is InChI=1S/C13H12BrNO2S/c1-17-12-6-10(14)2-3-11(12)13(16)15-7-9-4-5-18-8-9/h2-6,8H,7H2,1H3,(H,15,16). The van der Waals surface area contributed by atoms with Crippen LogP contribution in [0.2, 0.25) is 0 Å². The van der Waals surface area contributed by atoms with Gasteiger partial charge in [-0.05, 0) is 40.6 Å². The van der Waals surface area contributed by atoms with E-state index in [0.717, 1.165) is 10.0 Å². The van der Waals surface area contributed by atoms with Crippen LogP contribution in [0.3, 0.4) is 0 Å². The molecule has 1 N–H and O–H groups in total. The highest BCUT2D eigenvalue weighted by Gasteiger charge is 2.12. The maximum atomic E-state index is 12.0. The SMILES string of the molecule is COc1cc(Br)ccc1C(=O)NCc1ccsc1. The van der Waals surface area contributed by atoms with Crippen LogP contribution in [0.4, 0.5) is 0 Å². The summed E-state index contributed by atoms with van der Waals surface area (Å²) in [5, 5.41) is 6.87. The molecular formula is C13H12BrNO2S. The Balaban J connectivity index is 2.09. The van der Waals surface area contributed by atoms with Gasteiger partial charge in [0.2, 0.25) is 0 Å². The summed E-state index contributed by atoms with van der Waals surface area (Å²) >= 11 is 4.96. The number of thiophene rings is 1. The van der Waals surface area contributed by atoms with E-state index in [0.29, 0.717) is 17.9 Å². The molecule has 0 aliphatic heterocycles. The molecule has 1 aromatic heterocycles. The Hall–Kier alpha value is -1.33. The summed E-state index contributed by atoms with van der Waals surface area (Å²) in [5.41, 5.74) is 1.64. The topological polar surface area (TPSA) is 38.3 Å². The molecule has 0 fully saturated rings. The van der Waals surface area contributed by atoms with Crippen LogP contribution >= 0.6 is 27.3 Å². The van der Waals surface area contributed by atoms with E-state index in [4.69, 9.17) is 4.74 Å². The molecule has 0 spiro atoms. The van der Waals surface area contributed by atoms with Gasteiger partial charge in [0.1, 0.15) is 5.75 Å². The fourth-order valence-electron chi connectivity index (χ4n) is 1.52. The molecule has 5 heteroatoms. The molecule has 0 saturated heterocycles. The van der Waals surface area contributed by atoms with Gasteiger partial charge >= 0.3 is 0 Å². The third-order valence-electron chi connectivity index (χ3n) is 2.44. The third-order valence-corrected chi connectivity index (χ3v) is 3.67. The van der Waals surface area contributed by atoms with Crippen LogP contribution in [-0.2, 0) is 6.54 Å². The highest BCUT2D eigenvalue weighted by molar-refractivity contribution is 9.10. The van der Waals surface area contributed by atoms with Gasteiger partial charge in [-0.15, -0.1) is 0 Å². The van der Waals surface area contributed by atoms with E-state index in [1.54, 1.807) is 30.6 Å². The van der Waals surface area contributed by atoms with E-state index in [1.807, 2.05) is 22.9 Å². The molecule has 3 nitrogen and oxygen atoms in total. The van der Waals surface area contributed by atoms with Gasteiger partial charge in [0.05, 0.1) is 12.7 Å². The number of hydrogen-bond acceptors (Lipinski definition) is 3. The fraction of sp³-hybridized carbons (Fsp3) is 0.154. The summed E-state index contributed by atoms with van der Waals surface area (Å²) in [4.78, 5) is 12.0. The Morgan fingerprint density at radius 1 is 1.44 bits per heavy atom. The zero-order valence-electron chi connectivity index (χ0n) is 9.77. The molecule has 2 aromatic rings. The van der Waals surface area contributed by atoms with Crippen LogP contribution in [0, 0.1) is 0 Å². The van der Waals surface area contributed by atoms with Crippen molar-refractivity contribution >= 4 is 33.2 Å². The largest absolute Gasteiger partial charge is 0.496 e. The molecule has 0 bridgehead atoms. The Labute approximate surface area is 118 Å². The average Bonchev–Trinajstić information content (AvgIpc) is 2.88. The van der Waals surface area contributed by atoms with Gasteiger partial charge < -0.3 is 10.1 Å². The minimum absolute atomic E-state index is 0.134. The second kappa shape index (κ2) is 6.02. The first-order valence-corrected chi connectivity index (χ1v) is 7.07. The monoisotopic (exact) mass is 325 g/mol. The zero-order chi connectivity index (χ0) is 13.0. The number of nitrogens with one attached hydrogen (secondary N) is 1. The Morgan fingerprint density at radius 2 is 2.28 bits per heavy atom. The summed E-state index contributed by atoms with van der Waals surface area (Å²) in [6.45, 7) is 0.529. The van der Waals surface area contributed by atoms with E-state index in [-0.39, 0.29) is 5.91 Å². The smallest absolute Gasteiger partial charge is 0.255 e. The van der Waals surface area contributed by atoms with E-state index in [9.17, 15) is 4.79 Å². The lowest BCUT2D eigenvalue weighted by Gasteiger charge is -2.09. The molecule has 18 heavy (non-hydrogen) atoms. The van der Waals surface area contributed by atoms with Crippen molar-refractivity contribution in [3.63, 3.8) is 0 Å². The molecule has 0 radical (unpaired) electrons. The summed E-state index contributed by atoms with van der Waals surface area (Å²) in [6.07, 6.45) is 0. The minimum Gasteiger partial charge on any atom is -0.496 e. The number of halogens is 1. The molecule has 0 saturated carbocycles. The number of amides is 1. The van der Waals surface area contributed by atoms with Crippen LogP contribution in [0.15, 0.2) is 39.5 Å². The fourth-order valence-corrected chi connectivity index (χ4v) is 2.53. The lowest BCUT2D eigenvalue weighted by molar-refractivity contribution is 0.0948. The number of benzene rings is 1. The van der Waals surface area contributed by atoms with Gasteiger partial charge in [-0.3, -0.25) is 4.79 Å². The number of hydrogen-bond donors (Lipinski definition) is 1. The van der Waals surface area contributed by atoms with Crippen molar-refractivity contribution in [2.75, 3.05) is 7.11 Å². The second-order valence-electron chi connectivity index (χ2n) is 3.66. The molecule has 2 rings (SSSR count). The lowest BCUT2D eigenvalue weighted by atomic mass is 10.2. The predicted octanol–water partition coefficient (Wildman–Crippen LogP) is 3.45. The van der Waals surface area contributed by atoms with E-state index in [2.05, 4.69) is 21.2 Å². The van der Waals surface area contributed by atoms with Crippen LogP contribution in [0.5, 0.6) is 5.75 Å². The molecule has 0 atom stereocenters. The molecular weight excluding hydrogens is 314 g/mol.